The number of carbonyl (C=O) groups excluding carboxylic acids is 1. The molecule has 1 aliphatic heterocycles. The van der Waals surface area contributed by atoms with Crippen LogP contribution >= 0.6 is 11.6 Å². The van der Waals surface area contributed by atoms with Crippen LogP contribution in [0.2, 0.25) is 5.02 Å². The Morgan fingerprint density at radius 2 is 1.69 bits per heavy atom. The van der Waals surface area contributed by atoms with E-state index in [2.05, 4.69) is 0 Å². The zero-order valence-corrected chi connectivity index (χ0v) is 15.6. The second kappa shape index (κ2) is 7.86. The van der Waals surface area contributed by atoms with Crippen molar-refractivity contribution in [2.75, 3.05) is 13.1 Å². The number of piperidine rings is 1. The van der Waals surface area contributed by atoms with Gasteiger partial charge in [0.25, 0.3) is 0 Å². The van der Waals surface area contributed by atoms with Crippen molar-refractivity contribution in [1.82, 2.24) is 4.31 Å². The van der Waals surface area contributed by atoms with Gasteiger partial charge < -0.3 is 0 Å². The van der Waals surface area contributed by atoms with E-state index in [9.17, 15) is 17.6 Å². The van der Waals surface area contributed by atoms with Gasteiger partial charge in [-0.3, -0.25) is 4.79 Å². The molecule has 0 spiro atoms. The normalized spacial score (nSPS) is 16.5. The lowest BCUT2D eigenvalue weighted by atomic mass is 9.90. The molecule has 1 saturated heterocycles. The van der Waals surface area contributed by atoms with Gasteiger partial charge in [0.05, 0.1) is 5.75 Å². The van der Waals surface area contributed by atoms with Gasteiger partial charge in [-0.25, -0.2) is 17.1 Å². The molecule has 0 aromatic heterocycles. The van der Waals surface area contributed by atoms with Crippen molar-refractivity contribution in [2.45, 2.75) is 18.6 Å². The first kappa shape index (κ1) is 19.0. The maximum atomic E-state index is 13.0. The fraction of sp³-hybridized carbons (Fsp3) is 0.316. The largest absolute Gasteiger partial charge is 0.294 e. The quantitative estimate of drug-likeness (QED) is 0.721. The van der Waals surface area contributed by atoms with E-state index in [-0.39, 0.29) is 23.3 Å². The average molecular weight is 396 g/mol. The number of benzene rings is 2. The summed E-state index contributed by atoms with van der Waals surface area (Å²) in [4.78, 5) is 12.5. The van der Waals surface area contributed by atoms with Crippen LogP contribution in [0.1, 0.15) is 28.8 Å². The molecule has 1 heterocycles. The van der Waals surface area contributed by atoms with Gasteiger partial charge in [-0.05, 0) is 48.7 Å². The molecule has 2 aromatic carbocycles. The first-order valence-electron chi connectivity index (χ1n) is 8.38. The number of hydrogen-bond donors (Lipinski definition) is 0. The monoisotopic (exact) mass is 395 g/mol. The van der Waals surface area contributed by atoms with E-state index in [4.69, 9.17) is 11.6 Å². The minimum Gasteiger partial charge on any atom is -0.294 e. The molecule has 0 atom stereocenters. The first-order chi connectivity index (χ1) is 12.4. The van der Waals surface area contributed by atoms with Crippen LogP contribution in [0.25, 0.3) is 0 Å². The molecule has 3 rings (SSSR count). The molecular weight excluding hydrogens is 377 g/mol. The van der Waals surface area contributed by atoms with Crippen molar-refractivity contribution in [3.63, 3.8) is 0 Å². The standard InChI is InChI=1S/C19H19ClFNO3S/c20-18-4-2-1-3-16(18)13-26(24,25)22-11-9-15(10-12-22)19(23)14-5-7-17(21)8-6-14/h1-8,15H,9-13H2. The number of nitrogens with zero attached hydrogens (tertiary/aromatic N) is 1. The summed E-state index contributed by atoms with van der Waals surface area (Å²) in [5, 5.41) is 0.428. The second-order valence-electron chi connectivity index (χ2n) is 6.39. The third kappa shape index (κ3) is 4.31. The minimum atomic E-state index is -3.49. The predicted molar refractivity (Wildman–Crippen MR) is 99.1 cm³/mol. The molecule has 0 radical (unpaired) electrons. The summed E-state index contributed by atoms with van der Waals surface area (Å²) < 4.78 is 39.7. The molecule has 0 bridgehead atoms. The van der Waals surface area contributed by atoms with Crippen LogP contribution in [-0.2, 0) is 15.8 Å². The highest BCUT2D eigenvalue weighted by atomic mass is 35.5. The molecule has 0 saturated carbocycles. The molecule has 7 heteroatoms. The van der Waals surface area contributed by atoms with Gasteiger partial charge in [0, 0.05) is 29.6 Å². The Morgan fingerprint density at radius 3 is 2.31 bits per heavy atom. The SMILES string of the molecule is O=C(c1ccc(F)cc1)C1CCN(S(=O)(=O)Cc2ccccc2Cl)CC1. The van der Waals surface area contributed by atoms with Crippen molar-refractivity contribution in [2.24, 2.45) is 5.92 Å². The molecule has 1 fully saturated rings. The third-order valence-corrected chi connectivity index (χ3v) is 6.84. The molecule has 138 valence electrons. The van der Waals surface area contributed by atoms with Gasteiger partial charge >= 0.3 is 0 Å². The molecule has 1 aliphatic rings. The Labute approximate surface area is 157 Å². The molecule has 26 heavy (non-hydrogen) atoms. The van der Waals surface area contributed by atoms with Gasteiger partial charge in [0.1, 0.15) is 5.82 Å². The number of halogens is 2. The van der Waals surface area contributed by atoms with Crippen molar-refractivity contribution in [3.05, 3.63) is 70.5 Å². The lowest BCUT2D eigenvalue weighted by Gasteiger charge is -2.30. The summed E-state index contributed by atoms with van der Waals surface area (Å²) in [5.41, 5.74) is 1.03. The first-order valence-corrected chi connectivity index (χ1v) is 10.4. The highest BCUT2D eigenvalue weighted by molar-refractivity contribution is 7.88. The van der Waals surface area contributed by atoms with Crippen LogP contribution in [0.5, 0.6) is 0 Å². The Bertz CT molecular complexity index is 891. The van der Waals surface area contributed by atoms with Crippen molar-refractivity contribution in [1.29, 1.82) is 0 Å². The summed E-state index contributed by atoms with van der Waals surface area (Å²) in [6.07, 6.45) is 0.913. The number of carbonyl (C=O) groups is 1. The molecule has 0 amide bonds. The maximum Gasteiger partial charge on any atom is 0.218 e. The Morgan fingerprint density at radius 1 is 1.08 bits per heavy atom. The van der Waals surface area contributed by atoms with E-state index in [0.717, 1.165) is 0 Å². The smallest absolute Gasteiger partial charge is 0.218 e. The number of Topliss-reactive ketones (excluding diaryl/α,β-unsaturated/α-hetero) is 1. The van der Waals surface area contributed by atoms with Gasteiger partial charge in [-0.15, -0.1) is 0 Å². The van der Waals surface area contributed by atoms with Gasteiger partial charge in [-0.1, -0.05) is 29.8 Å². The van der Waals surface area contributed by atoms with Crippen molar-refractivity contribution in [3.8, 4) is 0 Å². The summed E-state index contributed by atoms with van der Waals surface area (Å²) in [6, 6.07) is 12.3. The molecule has 0 unspecified atom stereocenters. The van der Waals surface area contributed by atoms with Gasteiger partial charge in [0.15, 0.2) is 5.78 Å². The Hall–Kier alpha value is -1.76. The van der Waals surface area contributed by atoms with Crippen LogP contribution in [0.15, 0.2) is 48.5 Å². The van der Waals surface area contributed by atoms with E-state index in [1.165, 1.54) is 28.6 Å². The van der Waals surface area contributed by atoms with Crippen LogP contribution in [0, 0.1) is 11.7 Å². The predicted octanol–water partition coefficient (Wildman–Crippen LogP) is 3.90. The Kier molecular flexibility index (Phi) is 5.75. The minimum absolute atomic E-state index is 0.0619. The summed E-state index contributed by atoms with van der Waals surface area (Å²) in [7, 11) is -3.49. The molecule has 0 N–H and O–H groups in total. The molecule has 2 aromatic rings. The third-order valence-electron chi connectivity index (χ3n) is 4.64. The molecule has 0 aliphatic carbocycles. The second-order valence-corrected chi connectivity index (χ2v) is 8.77. The van der Waals surface area contributed by atoms with E-state index in [0.29, 0.717) is 42.1 Å². The number of sulfonamides is 1. The number of hydrogen-bond acceptors (Lipinski definition) is 3. The lowest BCUT2D eigenvalue weighted by molar-refractivity contribution is 0.0875. The van der Waals surface area contributed by atoms with Crippen LogP contribution < -0.4 is 0 Å². The topological polar surface area (TPSA) is 54.5 Å². The number of rotatable bonds is 5. The van der Waals surface area contributed by atoms with E-state index < -0.39 is 10.0 Å². The van der Waals surface area contributed by atoms with Crippen LogP contribution in [0.4, 0.5) is 4.39 Å². The summed E-state index contributed by atoms with van der Waals surface area (Å²) in [5.74, 6) is -0.842. The van der Waals surface area contributed by atoms with E-state index in [1.807, 2.05) is 0 Å². The lowest BCUT2D eigenvalue weighted by Crippen LogP contribution is -2.40. The number of ketones is 1. The molecule has 4 nitrogen and oxygen atoms in total. The van der Waals surface area contributed by atoms with Crippen molar-refractivity contribution >= 4 is 27.4 Å². The highest BCUT2D eigenvalue weighted by Gasteiger charge is 2.31. The van der Waals surface area contributed by atoms with Crippen molar-refractivity contribution < 1.29 is 17.6 Å². The van der Waals surface area contributed by atoms with Gasteiger partial charge in [-0.2, -0.15) is 0 Å². The van der Waals surface area contributed by atoms with Crippen LogP contribution in [0.3, 0.4) is 0 Å². The summed E-state index contributed by atoms with van der Waals surface area (Å²) >= 11 is 6.06. The fourth-order valence-electron chi connectivity index (χ4n) is 3.15. The maximum absolute atomic E-state index is 13.0. The zero-order chi connectivity index (χ0) is 18.7. The average Bonchev–Trinajstić information content (AvgIpc) is 2.64. The fourth-order valence-corrected chi connectivity index (χ4v) is 5.03. The highest BCUT2D eigenvalue weighted by Crippen LogP contribution is 2.26. The van der Waals surface area contributed by atoms with E-state index >= 15 is 0 Å². The Balaban J connectivity index is 1.63. The zero-order valence-electron chi connectivity index (χ0n) is 14.1. The summed E-state index contributed by atoms with van der Waals surface area (Å²) in [6.45, 7) is 0.592. The van der Waals surface area contributed by atoms with Gasteiger partial charge in [0.2, 0.25) is 10.0 Å². The van der Waals surface area contributed by atoms with E-state index in [1.54, 1.807) is 24.3 Å². The van der Waals surface area contributed by atoms with Crippen LogP contribution in [-0.4, -0.2) is 31.6 Å². The molecular formula is C19H19ClFNO3S.